The summed E-state index contributed by atoms with van der Waals surface area (Å²) in [5.74, 6) is 0. The highest BCUT2D eigenvalue weighted by molar-refractivity contribution is 5.75. The molecule has 0 bridgehead atoms. The molecule has 112 valence electrons. The fourth-order valence-electron chi connectivity index (χ4n) is 3.41. The Morgan fingerprint density at radius 3 is 2.55 bits per heavy atom. The van der Waals surface area contributed by atoms with E-state index in [0.29, 0.717) is 25.7 Å². The molecule has 20 heavy (non-hydrogen) atoms. The van der Waals surface area contributed by atoms with Gasteiger partial charge in [0.25, 0.3) is 0 Å². The Balaban J connectivity index is 1.47. The molecule has 1 aliphatic carbocycles. The molecule has 3 fully saturated rings. The van der Waals surface area contributed by atoms with Crippen LogP contribution in [0.4, 0.5) is 9.59 Å². The monoisotopic (exact) mass is 281 g/mol. The van der Waals surface area contributed by atoms with E-state index in [2.05, 4.69) is 10.6 Å². The summed E-state index contributed by atoms with van der Waals surface area (Å²) in [5, 5.41) is 5.85. The Morgan fingerprint density at radius 1 is 1.25 bits per heavy atom. The highest BCUT2D eigenvalue weighted by Gasteiger charge is 2.43. The van der Waals surface area contributed by atoms with Gasteiger partial charge in [-0.05, 0) is 12.8 Å². The third kappa shape index (κ3) is 2.83. The summed E-state index contributed by atoms with van der Waals surface area (Å²) < 4.78 is 5.36. The molecule has 0 radical (unpaired) electrons. The van der Waals surface area contributed by atoms with Crippen LogP contribution < -0.4 is 10.6 Å². The van der Waals surface area contributed by atoms with E-state index in [-0.39, 0.29) is 17.7 Å². The second-order valence-corrected chi connectivity index (χ2v) is 6.20. The van der Waals surface area contributed by atoms with Gasteiger partial charge < -0.3 is 20.3 Å². The molecule has 1 saturated carbocycles. The summed E-state index contributed by atoms with van der Waals surface area (Å²) in [4.78, 5) is 25.2. The highest BCUT2D eigenvalue weighted by atomic mass is 16.6. The zero-order valence-corrected chi connectivity index (χ0v) is 11.8. The van der Waals surface area contributed by atoms with Gasteiger partial charge in [0.15, 0.2) is 0 Å². The first-order valence-electron chi connectivity index (χ1n) is 7.69. The van der Waals surface area contributed by atoms with Crippen LogP contribution in [-0.4, -0.2) is 48.3 Å². The molecule has 0 unspecified atom stereocenters. The molecule has 0 aromatic carbocycles. The topological polar surface area (TPSA) is 70.7 Å². The number of likely N-dealkylation sites (tertiary alicyclic amines) is 1. The van der Waals surface area contributed by atoms with Gasteiger partial charge in [-0.25, -0.2) is 9.59 Å². The van der Waals surface area contributed by atoms with Crippen LogP contribution in [0.5, 0.6) is 0 Å². The molecule has 6 heteroatoms. The third-order valence-electron chi connectivity index (χ3n) is 4.76. The number of amides is 3. The average Bonchev–Trinajstić information content (AvgIpc) is 2.81. The van der Waals surface area contributed by atoms with Gasteiger partial charge in [0.2, 0.25) is 0 Å². The molecular weight excluding hydrogens is 258 g/mol. The molecule has 2 N–H and O–H groups in total. The van der Waals surface area contributed by atoms with Crippen LogP contribution in [0, 0.1) is 0 Å². The molecule has 1 spiro atoms. The number of hydrogen-bond acceptors (Lipinski definition) is 3. The summed E-state index contributed by atoms with van der Waals surface area (Å²) in [6.45, 7) is 1.89. The highest BCUT2D eigenvalue weighted by Crippen LogP contribution is 2.29. The maximum absolute atomic E-state index is 12.2. The van der Waals surface area contributed by atoms with Gasteiger partial charge in [0.05, 0.1) is 6.54 Å². The van der Waals surface area contributed by atoms with Gasteiger partial charge in [-0.3, -0.25) is 0 Å². The van der Waals surface area contributed by atoms with E-state index >= 15 is 0 Å². The summed E-state index contributed by atoms with van der Waals surface area (Å²) in [5.41, 5.74) is -0.376. The maximum Gasteiger partial charge on any atom is 0.407 e. The molecule has 2 aliphatic heterocycles. The summed E-state index contributed by atoms with van der Waals surface area (Å²) >= 11 is 0. The van der Waals surface area contributed by atoms with Crippen molar-refractivity contribution in [3.63, 3.8) is 0 Å². The number of nitrogens with one attached hydrogen (secondary N) is 2. The van der Waals surface area contributed by atoms with Crippen molar-refractivity contribution in [3.8, 4) is 0 Å². The lowest BCUT2D eigenvalue weighted by Gasteiger charge is -2.38. The minimum absolute atomic E-state index is 0.0454. The number of carbonyl (C=O) groups excluding carboxylic acids is 2. The van der Waals surface area contributed by atoms with Crippen LogP contribution in [0.15, 0.2) is 0 Å². The average molecular weight is 281 g/mol. The number of ether oxygens (including phenoxy) is 1. The lowest BCUT2D eigenvalue weighted by Crippen LogP contribution is -2.53. The van der Waals surface area contributed by atoms with E-state index in [1.54, 1.807) is 0 Å². The molecule has 2 saturated heterocycles. The first-order valence-corrected chi connectivity index (χ1v) is 7.69. The zero-order chi connectivity index (χ0) is 14.0. The van der Waals surface area contributed by atoms with Crippen LogP contribution in [0.3, 0.4) is 0 Å². The van der Waals surface area contributed by atoms with Gasteiger partial charge in [-0.15, -0.1) is 0 Å². The second kappa shape index (κ2) is 5.50. The van der Waals surface area contributed by atoms with Crippen molar-refractivity contribution in [2.24, 2.45) is 0 Å². The van der Waals surface area contributed by atoms with Gasteiger partial charge in [-0.2, -0.15) is 0 Å². The Morgan fingerprint density at radius 2 is 1.95 bits per heavy atom. The van der Waals surface area contributed by atoms with E-state index < -0.39 is 0 Å². The standard InChI is InChI=1S/C14H23N3O3/c18-12(16-11-4-2-1-3-5-11)17-8-6-14(7-9-17)10-15-13(19)20-14/h11H,1-10H2,(H,15,19)(H,16,18). The van der Waals surface area contributed by atoms with Crippen molar-refractivity contribution < 1.29 is 14.3 Å². The minimum atomic E-state index is -0.376. The fourth-order valence-corrected chi connectivity index (χ4v) is 3.41. The van der Waals surface area contributed by atoms with Crippen LogP contribution in [0.25, 0.3) is 0 Å². The quantitative estimate of drug-likeness (QED) is 0.767. The SMILES string of the molecule is O=C1NCC2(CCN(C(=O)NC3CCCCC3)CC2)O1. The van der Waals surface area contributed by atoms with Gasteiger partial charge in [0.1, 0.15) is 5.60 Å². The third-order valence-corrected chi connectivity index (χ3v) is 4.76. The second-order valence-electron chi connectivity index (χ2n) is 6.20. The van der Waals surface area contributed by atoms with E-state index in [9.17, 15) is 9.59 Å². The van der Waals surface area contributed by atoms with Crippen LogP contribution >= 0.6 is 0 Å². The first-order chi connectivity index (χ1) is 9.67. The number of carbonyl (C=O) groups is 2. The van der Waals surface area contributed by atoms with E-state index in [1.165, 1.54) is 19.3 Å². The Kier molecular flexibility index (Phi) is 3.72. The van der Waals surface area contributed by atoms with E-state index in [4.69, 9.17) is 4.74 Å². The smallest absolute Gasteiger partial charge is 0.407 e. The molecule has 3 amide bonds. The number of nitrogens with zero attached hydrogens (tertiary/aromatic N) is 1. The number of hydrogen-bond donors (Lipinski definition) is 2. The van der Waals surface area contributed by atoms with Crippen LogP contribution in [-0.2, 0) is 4.74 Å². The van der Waals surface area contributed by atoms with Gasteiger partial charge in [-0.1, -0.05) is 19.3 Å². The summed E-state index contributed by atoms with van der Waals surface area (Å²) in [6.07, 6.45) is 7.05. The Bertz CT molecular complexity index is 385. The van der Waals surface area contributed by atoms with Crippen LogP contribution in [0.1, 0.15) is 44.9 Å². The van der Waals surface area contributed by atoms with Crippen molar-refractivity contribution in [2.45, 2.75) is 56.6 Å². The number of rotatable bonds is 1. The number of alkyl carbamates (subject to hydrolysis) is 1. The predicted molar refractivity (Wildman–Crippen MR) is 73.4 cm³/mol. The number of piperidine rings is 1. The van der Waals surface area contributed by atoms with Gasteiger partial charge >= 0.3 is 12.1 Å². The molecule has 6 nitrogen and oxygen atoms in total. The van der Waals surface area contributed by atoms with Crippen molar-refractivity contribution >= 4 is 12.1 Å². The van der Waals surface area contributed by atoms with Crippen molar-refractivity contribution in [3.05, 3.63) is 0 Å². The molecule has 0 aromatic heterocycles. The largest absolute Gasteiger partial charge is 0.441 e. The summed E-state index contributed by atoms with van der Waals surface area (Å²) in [6, 6.07) is 0.391. The lowest BCUT2D eigenvalue weighted by atomic mass is 9.92. The lowest BCUT2D eigenvalue weighted by molar-refractivity contribution is 0.00945. The van der Waals surface area contributed by atoms with Gasteiger partial charge in [0, 0.05) is 32.0 Å². The van der Waals surface area contributed by atoms with Crippen molar-refractivity contribution in [2.75, 3.05) is 19.6 Å². The first kappa shape index (κ1) is 13.5. The number of urea groups is 1. The molecule has 0 atom stereocenters. The normalized spacial score (nSPS) is 26.2. The molecule has 3 rings (SSSR count). The van der Waals surface area contributed by atoms with Crippen LogP contribution in [0.2, 0.25) is 0 Å². The van der Waals surface area contributed by atoms with E-state index in [1.807, 2.05) is 4.90 Å². The summed E-state index contributed by atoms with van der Waals surface area (Å²) in [7, 11) is 0. The minimum Gasteiger partial charge on any atom is -0.441 e. The Labute approximate surface area is 119 Å². The Hall–Kier alpha value is -1.46. The molecule has 0 aromatic rings. The predicted octanol–water partition coefficient (Wildman–Crippen LogP) is 1.60. The molecular formula is C14H23N3O3. The maximum atomic E-state index is 12.2. The zero-order valence-electron chi connectivity index (χ0n) is 11.8. The van der Waals surface area contributed by atoms with Crippen molar-refractivity contribution in [1.82, 2.24) is 15.5 Å². The van der Waals surface area contributed by atoms with E-state index in [0.717, 1.165) is 25.7 Å². The molecule has 2 heterocycles. The fraction of sp³-hybridized carbons (Fsp3) is 0.857. The molecule has 3 aliphatic rings. The van der Waals surface area contributed by atoms with Crippen molar-refractivity contribution in [1.29, 1.82) is 0 Å².